The number of aliphatic hydroxyl groups is 1. The zero-order chi connectivity index (χ0) is 15.0. The summed E-state index contributed by atoms with van der Waals surface area (Å²) in [5.74, 6) is -0.382. The molecule has 2 unspecified atom stereocenters. The quantitative estimate of drug-likeness (QED) is 0.414. The summed E-state index contributed by atoms with van der Waals surface area (Å²) >= 11 is 0. The molecule has 3 N–H and O–H groups in total. The summed E-state index contributed by atoms with van der Waals surface area (Å²) in [6, 6.07) is 6.62. The number of ether oxygens (including phenoxy) is 1. The second-order valence-corrected chi connectivity index (χ2v) is 5.16. The molecular formula is C16H25NO3. The molecule has 0 heterocycles. The number of carbonyl (C=O) groups is 1. The number of nitrogens with two attached hydrogens (primary N) is 1. The highest BCUT2D eigenvalue weighted by Crippen LogP contribution is 2.15. The van der Waals surface area contributed by atoms with Gasteiger partial charge in [0.2, 0.25) is 0 Å². The fourth-order valence-electron chi connectivity index (χ4n) is 1.85. The van der Waals surface area contributed by atoms with Crippen molar-refractivity contribution < 1.29 is 14.6 Å². The number of rotatable bonds is 9. The van der Waals surface area contributed by atoms with Gasteiger partial charge in [0.1, 0.15) is 6.10 Å². The van der Waals surface area contributed by atoms with Gasteiger partial charge in [-0.15, -0.1) is 0 Å². The lowest BCUT2D eigenvalue weighted by Gasteiger charge is -2.17. The van der Waals surface area contributed by atoms with Gasteiger partial charge in [0.05, 0.1) is 0 Å². The predicted octanol–water partition coefficient (Wildman–Crippen LogP) is 2.66. The molecule has 0 spiro atoms. The topological polar surface area (TPSA) is 72.5 Å². The van der Waals surface area contributed by atoms with Crippen molar-refractivity contribution in [2.75, 3.05) is 18.9 Å². The number of unbranched alkanes of at least 4 members (excludes halogenated alkanes) is 1. The van der Waals surface area contributed by atoms with E-state index in [1.54, 1.807) is 24.3 Å². The summed E-state index contributed by atoms with van der Waals surface area (Å²) in [4.78, 5) is 12.1. The SMILES string of the molecule is CCCCOCCC(C)C(O)C(=O)c1ccc(N)cc1. The van der Waals surface area contributed by atoms with Gasteiger partial charge in [-0.2, -0.15) is 0 Å². The number of nitrogen functional groups attached to an aromatic ring is 1. The van der Waals surface area contributed by atoms with E-state index in [2.05, 4.69) is 6.92 Å². The van der Waals surface area contributed by atoms with Gasteiger partial charge in [-0.05, 0) is 43.0 Å². The minimum atomic E-state index is -0.992. The third-order valence-electron chi connectivity index (χ3n) is 3.36. The van der Waals surface area contributed by atoms with E-state index in [1.165, 1.54) is 0 Å². The molecule has 4 heteroatoms. The van der Waals surface area contributed by atoms with Crippen molar-refractivity contribution in [1.29, 1.82) is 0 Å². The highest BCUT2D eigenvalue weighted by atomic mass is 16.5. The molecule has 0 saturated carbocycles. The van der Waals surface area contributed by atoms with E-state index in [1.807, 2.05) is 6.92 Å². The number of hydrogen-bond donors (Lipinski definition) is 2. The van der Waals surface area contributed by atoms with Crippen LogP contribution in [0, 0.1) is 5.92 Å². The van der Waals surface area contributed by atoms with Gasteiger partial charge >= 0.3 is 0 Å². The third kappa shape index (κ3) is 5.31. The third-order valence-corrected chi connectivity index (χ3v) is 3.36. The molecule has 112 valence electrons. The van der Waals surface area contributed by atoms with Crippen LogP contribution in [0.4, 0.5) is 5.69 Å². The molecule has 0 aliphatic carbocycles. The molecule has 20 heavy (non-hydrogen) atoms. The lowest BCUT2D eigenvalue weighted by Crippen LogP contribution is -2.28. The molecular weight excluding hydrogens is 254 g/mol. The number of anilines is 1. The second-order valence-electron chi connectivity index (χ2n) is 5.16. The van der Waals surface area contributed by atoms with Gasteiger partial charge < -0.3 is 15.6 Å². The molecule has 0 saturated heterocycles. The van der Waals surface area contributed by atoms with Crippen LogP contribution in [0.5, 0.6) is 0 Å². The number of carbonyl (C=O) groups excluding carboxylic acids is 1. The van der Waals surface area contributed by atoms with Gasteiger partial charge in [-0.1, -0.05) is 20.3 Å². The van der Waals surface area contributed by atoms with Gasteiger partial charge in [0.15, 0.2) is 5.78 Å². The Morgan fingerprint density at radius 3 is 2.55 bits per heavy atom. The minimum Gasteiger partial charge on any atom is -0.399 e. The monoisotopic (exact) mass is 279 g/mol. The van der Waals surface area contributed by atoms with Gasteiger partial charge in [0, 0.05) is 24.5 Å². The molecule has 0 aromatic heterocycles. The maximum atomic E-state index is 12.1. The van der Waals surface area contributed by atoms with Crippen molar-refractivity contribution in [3.63, 3.8) is 0 Å². The Labute approximate surface area is 120 Å². The zero-order valence-corrected chi connectivity index (χ0v) is 12.3. The number of aliphatic hydroxyl groups excluding tert-OH is 1. The van der Waals surface area contributed by atoms with E-state index in [0.717, 1.165) is 19.4 Å². The van der Waals surface area contributed by atoms with E-state index in [0.29, 0.717) is 24.3 Å². The van der Waals surface area contributed by atoms with Crippen molar-refractivity contribution in [2.45, 2.75) is 39.2 Å². The van der Waals surface area contributed by atoms with Crippen molar-refractivity contribution in [2.24, 2.45) is 5.92 Å². The smallest absolute Gasteiger partial charge is 0.191 e. The average molecular weight is 279 g/mol. The lowest BCUT2D eigenvalue weighted by molar-refractivity contribution is 0.0521. The standard InChI is InChI=1S/C16H25NO3/c1-3-4-10-20-11-9-12(2)15(18)16(19)13-5-7-14(17)8-6-13/h5-8,12,15,18H,3-4,9-11,17H2,1-2H3. The molecule has 0 fully saturated rings. The largest absolute Gasteiger partial charge is 0.399 e. The van der Waals surface area contributed by atoms with Crippen molar-refractivity contribution in [1.82, 2.24) is 0 Å². The van der Waals surface area contributed by atoms with Crippen LogP contribution in [0.25, 0.3) is 0 Å². The predicted molar refractivity (Wildman–Crippen MR) is 80.7 cm³/mol. The fourth-order valence-corrected chi connectivity index (χ4v) is 1.85. The Balaban J connectivity index is 2.41. The van der Waals surface area contributed by atoms with Gasteiger partial charge in [0.25, 0.3) is 0 Å². The Kier molecular flexibility index (Phi) is 7.26. The highest BCUT2D eigenvalue weighted by Gasteiger charge is 2.23. The van der Waals surface area contributed by atoms with Crippen LogP contribution in [0.2, 0.25) is 0 Å². The fraction of sp³-hybridized carbons (Fsp3) is 0.562. The van der Waals surface area contributed by atoms with Crippen LogP contribution in [-0.4, -0.2) is 30.2 Å². The summed E-state index contributed by atoms with van der Waals surface area (Å²) in [6.07, 6.45) is 1.83. The van der Waals surface area contributed by atoms with Gasteiger partial charge in [-0.3, -0.25) is 4.79 Å². The van der Waals surface area contributed by atoms with Crippen LogP contribution in [0.15, 0.2) is 24.3 Å². The zero-order valence-electron chi connectivity index (χ0n) is 12.3. The molecule has 1 aromatic carbocycles. The second kappa shape index (κ2) is 8.72. The summed E-state index contributed by atoms with van der Waals surface area (Å²) in [5, 5.41) is 10.1. The lowest BCUT2D eigenvalue weighted by atomic mass is 9.94. The summed E-state index contributed by atoms with van der Waals surface area (Å²) in [7, 11) is 0. The summed E-state index contributed by atoms with van der Waals surface area (Å²) in [6.45, 7) is 5.29. The Morgan fingerprint density at radius 2 is 1.95 bits per heavy atom. The molecule has 0 amide bonds. The number of ketones is 1. The number of hydrogen-bond acceptors (Lipinski definition) is 4. The number of Topliss-reactive ketones (excluding diaryl/α,β-unsaturated/α-hetero) is 1. The Bertz CT molecular complexity index is 403. The first-order valence-corrected chi connectivity index (χ1v) is 7.21. The molecule has 1 aromatic rings. The maximum Gasteiger partial charge on any atom is 0.191 e. The first-order valence-electron chi connectivity index (χ1n) is 7.21. The van der Waals surface area contributed by atoms with E-state index >= 15 is 0 Å². The van der Waals surface area contributed by atoms with Crippen molar-refractivity contribution >= 4 is 11.5 Å². The summed E-state index contributed by atoms with van der Waals surface area (Å²) in [5.41, 5.74) is 6.67. The first kappa shape index (κ1) is 16.7. The van der Waals surface area contributed by atoms with Crippen LogP contribution in [0.3, 0.4) is 0 Å². The highest BCUT2D eigenvalue weighted by molar-refractivity contribution is 5.99. The van der Waals surface area contributed by atoms with E-state index in [4.69, 9.17) is 10.5 Å². The molecule has 2 atom stereocenters. The normalized spacial score (nSPS) is 13.9. The number of benzene rings is 1. The van der Waals surface area contributed by atoms with Crippen LogP contribution in [0.1, 0.15) is 43.5 Å². The van der Waals surface area contributed by atoms with Crippen LogP contribution < -0.4 is 5.73 Å². The van der Waals surface area contributed by atoms with Crippen molar-refractivity contribution in [3.05, 3.63) is 29.8 Å². The Morgan fingerprint density at radius 1 is 1.30 bits per heavy atom. The molecule has 1 rings (SSSR count). The van der Waals surface area contributed by atoms with Crippen LogP contribution in [-0.2, 0) is 4.74 Å². The van der Waals surface area contributed by atoms with E-state index < -0.39 is 6.10 Å². The Hall–Kier alpha value is -1.39. The average Bonchev–Trinajstić information content (AvgIpc) is 2.46. The molecule has 0 radical (unpaired) electrons. The summed E-state index contributed by atoms with van der Waals surface area (Å²) < 4.78 is 5.46. The van der Waals surface area contributed by atoms with E-state index in [9.17, 15) is 9.90 Å². The molecule has 4 nitrogen and oxygen atoms in total. The van der Waals surface area contributed by atoms with Crippen molar-refractivity contribution in [3.8, 4) is 0 Å². The maximum absolute atomic E-state index is 12.1. The molecule has 0 aliphatic rings. The minimum absolute atomic E-state index is 0.123. The molecule has 0 aliphatic heterocycles. The first-order chi connectivity index (χ1) is 9.56. The van der Waals surface area contributed by atoms with Crippen LogP contribution >= 0.6 is 0 Å². The van der Waals surface area contributed by atoms with E-state index in [-0.39, 0.29) is 11.7 Å². The van der Waals surface area contributed by atoms with Gasteiger partial charge in [-0.25, -0.2) is 0 Å². The molecule has 0 bridgehead atoms.